The number of hydrogen-bond donors (Lipinski definition) is 2. The molecule has 4 heteroatoms. The molecule has 17 heavy (non-hydrogen) atoms. The first-order valence-electron chi connectivity index (χ1n) is 5.26. The van der Waals surface area contributed by atoms with Gasteiger partial charge in [0.05, 0.1) is 5.69 Å². The fraction of sp³-hybridized carbons (Fsp3) is 0. The van der Waals surface area contributed by atoms with Gasteiger partial charge in [-0.05, 0) is 24.3 Å². The van der Waals surface area contributed by atoms with Crippen LogP contribution in [0.3, 0.4) is 0 Å². The summed E-state index contributed by atoms with van der Waals surface area (Å²) in [6.07, 6.45) is 3.74. The lowest BCUT2D eigenvalue weighted by atomic mass is 10.2. The maximum atomic E-state index is 5.75. The number of benzene rings is 1. The maximum Gasteiger partial charge on any atom is 0.164 e. The number of ether oxygens (including phenoxy) is 1. The molecule has 1 aromatic carbocycles. The van der Waals surface area contributed by atoms with Crippen LogP contribution >= 0.6 is 12.2 Å². The fourth-order valence-corrected chi connectivity index (χ4v) is 1.89. The normalized spacial score (nSPS) is 16.2. The Morgan fingerprint density at radius 3 is 2.82 bits per heavy atom. The van der Waals surface area contributed by atoms with Crippen molar-refractivity contribution in [3.8, 4) is 5.75 Å². The Bertz CT molecular complexity index is 587. The highest BCUT2D eigenvalue weighted by Crippen LogP contribution is 2.31. The van der Waals surface area contributed by atoms with E-state index in [9.17, 15) is 0 Å². The predicted octanol–water partition coefficient (Wildman–Crippen LogP) is 3.19. The van der Waals surface area contributed by atoms with E-state index < -0.39 is 0 Å². The van der Waals surface area contributed by atoms with Gasteiger partial charge in [-0.3, -0.25) is 0 Å². The maximum absolute atomic E-state index is 5.75. The minimum atomic E-state index is 0.596. The number of fused-ring (bicyclic) bond motifs is 1. The Morgan fingerprint density at radius 2 is 2.00 bits per heavy atom. The van der Waals surface area contributed by atoms with Gasteiger partial charge in [0.2, 0.25) is 0 Å². The van der Waals surface area contributed by atoms with Crippen LogP contribution in [0.15, 0.2) is 48.4 Å². The van der Waals surface area contributed by atoms with E-state index in [2.05, 4.69) is 10.3 Å². The molecule has 0 saturated carbocycles. The van der Waals surface area contributed by atoms with E-state index in [4.69, 9.17) is 17.0 Å². The SMILES string of the molecule is S=C1Nc2ccccc2O/C1=C\c1ccc[nH]1. The van der Waals surface area contributed by atoms with Crippen molar-refractivity contribution >= 4 is 29.0 Å². The number of aromatic nitrogens is 1. The highest BCUT2D eigenvalue weighted by molar-refractivity contribution is 7.81. The van der Waals surface area contributed by atoms with Crippen molar-refractivity contribution in [2.24, 2.45) is 0 Å². The van der Waals surface area contributed by atoms with Crippen LogP contribution in [0, 0.1) is 0 Å². The second-order valence-corrected chi connectivity index (χ2v) is 4.09. The van der Waals surface area contributed by atoms with Gasteiger partial charge < -0.3 is 15.0 Å². The standard InChI is InChI=1S/C13H10N2OS/c17-13-12(8-9-4-3-7-14-9)16-11-6-2-1-5-10(11)15-13/h1-8,14H,(H,15,17)/b12-8-. The molecule has 1 aliphatic heterocycles. The first-order chi connectivity index (χ1) is 8.33. The van der Waals surface area contributed by atoms with Crippen molar-refractivity contribution in [1.82, 2.24) is 4.98 Å². The van der Waals surface area contributed by atoms with Crippen LogP contribution in [0.25, 0.3) is 6.08 Å². The molecule has 1 aromatic heterocycles. The van der Waals surface area contributed by atoms with Crippen molar-refractivity contribution in [2.45, 2.75) is 0 Å². The van der Waals surface area contributed by atoms with E-state index in [0.29, 0.717) is 10.7 Å². The number of aromatic amines is 1. The van der Waals surface area contributed by atoms with E-state index in [-0.39, 0.29) is 0 Å². The van der Waals surface area contributed by atoms with Gasteiger partial charge >= 0.3 is 0 Å². The van der Waals surface area contributed by atoms with E-state index in [1.807, 2.05) is 48.7 Å². The summed E-state index contributed by atoms with van der Waals surface area (Å²) in [4.78, 5) is 3.68. The average molecular weight is 242 g/mol. The summed E-state index contributed by atoms with van der Waals surface area (Å²) < 4.78 is 5.75. The Hall–Kier alpha value is -2.07. The molecule has 0 radical (unpaired) electrons. The van der Waals surface area contributed by atoms with Crippen LogP contribution in [0.1, 0.15) is 5.69 Å². The zero-order chi connectivity index (χ0) is 11.7. The molecule has 0 amide bonds. The number of hydrogen-bond acceptors (Lipinski definition) is 2. The lowest BCUT2D eigenvalue weighted by molar-refractivity contribution is 0.457. The first kappa shape index (κ1) is 10.1. The molecular weight excluding hydrogens is 232 g/mol. The molecule has 0 spiro atoms. The lowest BCUT2D eigenvalue weighted by Crippen LogP contribution is -2.21. The Labute approximate surface area is 104 Å². The zero-order valence-electron chi connectivity index (χ0n) is 8.94. The van der Waals surface area contributed by atoms with Gasteiger partial charge in [0.1, 0.15) is 4.99 Å². The molecule has 2 N–H and O–H groups in total. The lowest BCUT2D eigenvalue weighted by Gasteiger charge is -2.21. The molecule has 3 rings (SSSR count). The molecule has 84 valence electrons. The number of nitrogens with one attached hydrogen (secondary N) is 2. The van der Waals surface area contributed by atoms with Crippen LogP contribution in [0.2, 0.25) is 0 Å². The van der Waals surface area contributed by atoms with Crippen molar-refractivity contribution in [2.75, 3.05) is 5.32 Å². The Morgan fingerprint density at radius 1 is 1.12 bits per heavy atom. The summed E-state index contributed by atoms with van der Waals surface area (Å²) >= 11 is 5.26. The van der Waals surface area contributed by atoms with Gasteiger partial charge in [0, 0.05) is 18.0 Å². The van der Waals surface area contributed by atoms with E-state index in [1.54, 1.807) is 0 Å². The number of anilines is 1. The number of thiocarbonyl (C=S) groups is 1. The molecule has 0 saturated heterocycles. The topological polar surface area (TPSA) is 37.0 Å². The zero-order valence-corrected chi connectivity index (χ0v) is 9.75. The van der Waals surface area contributed by atoms with Crippen LogP contribution in [-0.4, -0.2) is 9.97 Å². The number of H-pyrrole nitrogens is 1. The van der Waals surface area contributed by atoms with Gasteiger partial charge in [0.25, 0.3) is 0 Å². The summed E-state index contributed by atoms with van der Waals surface area (Å²) in [6, 6.07) is 11.6. The van der Waals surface area contributed by atoms with Gasteiger partial charge in [-0.1, -0.05) is 24.4 Å². The first-order valence-corrected chi connectivity index (χ1v) is 5.67. The second kappa shape index (κ2) is 4.07. The largest absolute Gasteiger partial charge is 0.452 e. The molecule has 2 aromatic rings. The quantitative estimate of drug-likeness (QED) is 0.595. The van der Waals surface area contributed by atoms with Crippen LogP contribution in [-0.2, 0) is 0 Å². The molecule has 1 aliphatic rings. The molecular formula is C13H10N2OS. The third-order valence-electron chi connectivity index (χ3n) is 2.49. The Kier molecular flexibility index (Phi) is 2.42. The summed E-state index contributed by atoms with van der Waals surface area (Å²) in [7, 11) is 0. The van der Waals surface area contributed by atoms with Crippen molar-refractivity contribution in [3.05, 3.63) is 54.0 Å². The van der Waals surface area contributed by atoms with Gasteiger partial charge in [-0.25, -0.2) is 0 Å². The van der Waals surface area contributed by atoms with Crippen LogP contribution < -0.4 is 10.1 Å². The highest BCUT2D eigenvalue weighted by Gasteiger charge is 2.18. The number of rotatable bonds is 1. The van der Waals surface area contributed by atoms with Crippen molar-refractivity contribution in [1.29, 1.82) is 0 Å². The minimum Gasteiger partial charge on any atom is -0.452 e. The fourth-order valence-electron chi connectivity index (χ4n) is 1.68. The number of para-hydroxylation sites is 2. The summed E-state index contributed by atoms with van der Waals surface area (Å²) in [5.74, 6) is 1.44. The van der Waals surface area contributed by atoms with Crippen LogP contribution in [0.4, 0.5) is 5.69 Å². The second-order valence-electron chi connectivity index (χ2n) is 3.69. The molecule has 0 aliphatic carbocycles. The van der Waals surface area contributed by atoms with Gasteiger partial charge in [0.15, 0.2) is 11.5 Å². The van der Waals surface area contributed by atoms with Crippen molar-refractivity contribution < 1.29 is 4.74 Å². The molecule has 0 bridgehead atoms. The third-order valence-corrected chi connectivity index (χ3v) is 2.79. The summed E-state index contributed by atoms with van der Waals surface area (Å²) in [5.41, 5.74) is 1.87. The third kappa shape index (κ3) is 1.94. The molecule has 0 unspecified atom stereocenters. The van der Waals surface area contributed by atoms with Gasteiger partial charge in [-0.2, -0.15) is 0 Å². The molecule has 0 fully saturated rings. The minimum absolute atomic E-state index is 0.596. The predicted molar refractivity (Wildman–Crippen MR) is 72.1 cm³/mol. The Balaban J connectivity index is 1.97. The van der Waals surface area contributed by atoms with Gasteiger partial charge in [-0.15, -0.1) is 0 Å². The highest BCUT2D eigenvalue weighted by atomic mass is 32.1. The molecule has 0 atom stereocenters. The summed E-state index contributed by atoms with van der Waals surface area (Å²) in [5, 5.41) is 3.15. The van der Waals surface area contributed by atoms with Crippen LogP contribution in [0.5, 0.6) is 5.75 Å². The molecule has 3 nitrogen and oxygen atoms in total. The van der Waals surface area contributed by atoms with Crippen molar-refractivity contribution in [3.63, 3.8) is 0 Å². The molecule has 2 heterocycles. The smallest absolute Gasteiger partial charge is 0.164 e. The van der Waals surface area contributed by atoms with E-state index in [0.717, 1.165) is 17.1 Å². The monoisotopic (exact) mass is 242 g/mol. The van der Waals surface area contributed by atoms with E-state index in [1.165, 1.54) is 0 Å². The van der Waals surface area contributed by atoms with E-state index >= 15 is 0 Å². The summed E-state index contributed by atoms with van der Waals surface area (Å²) in [6.45, 7) is 0. The average Bonchev–Trinajstić information content (AvgIpc) is 2.83.